The SMILES string of the molecule is COc1ccc(-c2cc(=O)n(CC(=O)Nc3ncccc3C)cn2)cc1. The van der Waals surface area contributed by atoms with Gasteiger partial charge in [-0.05, 0) is 42.8 Å². The molecule has 0 atom stereocenters. The summed E-state index contributed by atoms with van der Waals surface area (Å²) in [5.74, 6) is 0.866. The van der Waals surface area contributed by atoms with Crippen molar-refractivity contribution in [1.82, 2.24) is 14.5 Å². The van der Waals surface area contributed by atoms with E-state index in [0.29, 0.717) is 11.5 Å². The fourth-order valence-electron chi connectivity index (χ4n) is 2.41. The van der Waals surface area contributed by atoms with Gasteiger partial charge in [-0.15, -0.1) is 0 Å². The Morgan fingerprint density at radius 1 is 1.19 bits per heavy atom. The van der Waals surface area contributed by atoms with Gasteiger partial charge in [0.05, 0.1) is 19.1 Å². The molecule has 7 heteroatoms. The average Bonchev–Trinajstić information content (AvgIpc) is 2.65. The van der Waals surface area contributed by atoms with Crippen LogP contribution in [0.25, 0.3) is 11.3 Å². The molecule has 1 amide bonds. The summed E-state index contributed by atoms with van der Waals surface area (Å²) in [7, 11) is 1.59. The monoisotopic (exact) mass is 350 g/mol. The number of rotatable bonds is 5. The number of ether oxygens (including phenoxy) is 1. The van der Waals surface area contributed by atoms with E-state index >= 15 is 0 Å². The molecule has 0 radical (unpaired) electrons. The number of hydrogen-bond acceptors (Lipinski definition) is 5. The molecule has 0 aliphatic rings. The van der Waals surface area contributed by atoms with Gasteiger partial charge in [-0.1, -0.05) is 6.07 Å². The number of amides is 1. The van der Waals surface area contributed by atoms with Gasteiger partial charge >= 0.3 is 0 Å². The van der Waals surface area contributed by atoms with Gasteiger partial charge in [0, 0.05) is 17.8 Å². The molecule has 132 valence electrons. The zero-order chi connectivity index (χ0) is 18.5. The van der Waals surface area contributed by atoms with Gasteiger partial charge in [0.25, 0.3) is 5.56 Å². The average molecular weight is 350 g/mol. The zero-order valence-electron chi connectivity index (χ0n) is 14.5. The number of pyridine rings is 1. The smallest absolute Gasteiger partial charge is 0.254 e. The molecule has 0 aliphatic heterocycles. The van der Waals surface area contributed by atoms with E-state index in [0.717, 1.165) is 16.9 Å². The first-order chi connectivity index (χ1) is 12.6. The Hall–Kier alpha value is -3.48. The van der Waals surface area contributed by atoms with Gasteiger partial charge in [0.15, 0.2) is 0 Å². The maximum atomic E-state index is 12.3. The Labute approximate surface area is 150 Å². The Morgan fingerprint density at radius 2 is 1.96 bits per heavy atom. The molecule has 2 heterocycles. The summed E-state index contributed by atoms with van der Waals surface area (Å²) >= 11 is 0. The molecule has 3 rings (SSSR count). The molecule has 1 aromatic carbocycles. The number of carbonyl (C=O) groups is 1. The highest BCUT2D eigenvalue weighted by atomic mass is 16.5. The molecule has 0 fully saturated rings. The highest BCUT2D eigenvalue weighted by Crippen LogP contribution is 2.19. The number of aryl methyl sites for hydroxylation is 1. The first-order valence-electron chi connectivity index (χ1n) is 7.99. The number of benzene rings is 1. The van der Waals surface area contributed by atoms with Crippen molar-refractivity contribution in [2.45, 2.75) is 13.5 Å². The van der Waals surface area contributed by atoms with Crippen LogP contribution in [0.5, 0.6) is 5.75 Å². The third-order valence-electron chi connectivity index (χ3n) is 3.85. The van der Waals surface area contributed by atoms with Crippen molar-refractivity contribution in [3.63, 3.8) is 0 Å². The summed E-state index contributed by atoms with van der Waals surface area (Å²) in [5.41, 5.74) is 1.87. The quantitative estimate of drug-likeness (QED) is 0.763. The zero-order valence-corrected chi connectivity index (χ0v) is 14.5. The van der Waals surface area contributed by atoms with Gasteiger partial charge < -0.3 is 10.1 Å². The fourth-order valence-corrected chi connectivity index (χ4v) is 2.41. The van der Waals surface area contributed by atoms with Gasteiger partial charge in [0.1, 0.15) is 18.1 Å². The lowest BCUT2D eigenvalue weighted by atomic mass is 10.1. The predicted octanol–water partition coefficient (Wildman–Crippen LogP) is 2.26. The maximum absolute atomic E-state index is 12.3. The molecular weight excluding hydrogens is 332 g/mol. The number of hydrogen-bond donors (Lipinski definition) is 1. The Morgan fingerprint density at radius 3 is 2.62 bits per heavy atom. The minimum atomic E-state index is -0.340. The molecule has 0 saturated heterocycles. The standard InChI is InChI=1S/C19H18N4O3/c1-13-4-3-9-20-19(13)22-17(24)11-23-12-21-16(10-18(23)25)14-5-7-15(26-2)8-6-14/h3-10,12H,11H2,1-2H3,(H,20,22,24). The molecule has 0 spiro atoms. The van der Waals surface area contributed by atoms with Crippen molar-refractivity contribution in [1.29, 1.82) is 0 Å². The number of nitrogens with zero attached hydrogens (tertiary/aromatic N) is 3. The van der Waals surface area contributed by atoms with E-state index in [9.17, 15) is 9.59 Å². The maximum Gasteiger partial charge on any atom is 0.254 e. The van der Waals surface area contributed by atoms with Crippen molar-refractivity contribution >= 4 is 11.7 Å². The molecule has 0 bridgehead atoms. The molecule has 1 N–H and O–H groups in total. The molecule has 0 unspecified atom stereocenters. The van der Waals surface area contributed by atoms with Crippen LogP contribution in [0, 0.1) is 6.92 Å². The Bertz CT molecular complexity index is 981. The van der Waals surface area contributed by atoms with E-state index in [4.69, 9.17) is 4.74 Å². The number of methoxy groups -OCH3 is 1. The molecule has 7 nitrogen and oxygen atoms in total. The third kappa shape index (κ3) is 3.94. The van der Waals surface area contributed by atoms with Crippen LogP contribution in [-0.2, 0) is 11.3 Å². The first-order valence-corrected chi connectivity index (χ1v) is 7.99. The summed E-state index contributed by atoms with van der Waals surface area (Å²) in [6.07, 6.45) is 2.97. The van der Waals surface area contributed by atoms with Crippen LogP contribution < -0.4 is 15.6 Å². The van der Waals surface area contributed by atoms with E-state index in [-0.39, 0.29) is 18.0 Å². The van der Waals surface area contributed by atoms with Crippen LogP contribution in [0.2, 0.25) is 0 Å². The molecule has 0 aliphatic carbocycles. The summed E-state index contributed by atoms with van der Waals surface area (Å²) in [6, 6.07) is 12.3. The largest absolute Gasteiger partial charge is 0.497 e. The number of nitrogens with one attached hydrogen (secondary N) is 1. The van der Waals surface area contributed by atoms with Crippen molar-refractivity contribution < 1.29 is 9.53 Å². The minimum Gasteiger partial charge on any atom is -0.497 e. The second-order valence-electron chi connectivity index (χ2n) is 5.69. The van der Waals surface area contributed by atoms with Crippen LogP contribution in [0.3, 0.4) is 0 Å². The molecule has 2 aromatic heterocycles. The lowest BCUT2D eigenvalue weighted by molar-refractivity contribution is -0.116. The van der Waals surface area contributed by atoms with Crippen LogP contribution in [0.15, 0.2) is 59.8 Å². The lowest BCUT2D eigenvalue weighted by Gasteiger charge is -2.09. The van der Waals surface area contributed by atoms with Crippen molar-refractivity contribution in [3.05, 3.63) is 70.9 Å². The van der Waals surface area contributed by atoms with Crippen LogP contribution >= 0.6 is 0 Å². The highest BCUT2D eigenvalue weighted by Gasteiger charge is 2.09. The second-order valence-corrected chi connectivity index (χ2v) is 5.69. The second kappa shape index (κ2) is 7.60. The molecule has 26 heavy (non-hydrogen) atoms. The van der Waals surface area contributed by atoms with Gasteiger partial charge in [0.2, 0.25) is 5.91 Å². The van der Waals surface area contributed by atoms with Gasteiger partial charge in [-0.2, -0.15) is 0 Å². The Kier molecular flexibility index (Phi) is 5.07. The topological polar surface area (TPSA) is 86.1 Å². The summed E-state index contributed by atoms with van der Waals surface area (Å²) in [6.45, 7) is 1.71. The normalized spacial score (nSPS) is 10.4. The summed E-state index contributed by atoms with van der Waals surface area (Å²) in [5, 5.41) is 2.69. The third-order valence-corrected chi connectivity index (χ3v) is 3.85. The summed E-state index contributed by atoms with van der Waals surface area (Å²) < 4.78 is 6.36. The number of carbonyl (C=O) groups excluding carboxylic acids is 1. The van der Waals surface area contributed by atoms with E-state index < -0.39 is 0 Å². The molecular formula is C19H18N4O3. The van der Waals surface area contributed by atoms with E-state index in [1.54, 1.807) is 31.5 Å². The van der Waals surface area contributed by atoms with E-state index in [1.807, 2.05) is 25.1 Å². The van der Waals surface area contributed by atoms with Crippen LogP contribution in [0.1, 0.15) is 5.56 Å². The number of aromatic nitrogens is 3. The van der Waals surface area contributed by atoms with Crippen molar-refractivity contribution in [2.24, 2.45) is 0 Å². The van der Waals surface area contributed by atoms with E-state index in [2.05, 4.69) is 15.3 Å². The van der Waals surface area contributed by atoms with E-state index in [1.165, 1.54) is 17.0 Å². The lowest BCUT2D eigenvalue weighted by Crippen LogP contribution is -2.27. The van der Waals surface area contributed by atoms with Crippen LogP contribution in [-0.4, -0.2) is 27.6 Å². The van der Waals surface area contributed by atoms with Crippen LogP contribution in [0.4, 0.5) is 5.82 Å². The van der Waals surface area contributed by atoms with Crippen molar-refractivity contribution in [3.8, 4) is 17.0 Å². The predicted molar refractivity (Wildman–Crippen MR) is 98.1 cm³/mol. The number of anilines is 1. The first kappa shape index (κ1) is 17.3. The fraction of sp³-hybridized carbons (Fsp3) is 0.158. The highest BCUT2D eigenvalue weighted by molar-refractivity contribution is 5.90. The summed E-state index contributed by atoms with van der Waals surface area (Å²) in [4.78, 5) is 32.8. The van der Waals surface area contributed by atoms with Gasteiger partial charge in [-0.3, -0.25) is 14.2 Å². The van der Waals surface area contributed by atoms with Gasteiger partial charge in [-0.25, -0.2) is 9.97 Å². The molecule has 0 saturated carbocycles. The van der Waals surface area contributed by atoms with Crippen molar-refractivity contribution in [2.75, 3.05) is 12.4 Å². The minimum absolute atomic E-state index is 0.134. The molecule has 3 aromatic rings. The Balaban J connectivity index is 1.74.